The zero-order valence-electron chi connectivity index (χ0n) is 17.2. The van der Waals surface area contributed by atoms with E-state index in [1.54, 1.807) is 12.4 Å². The summed E-state index contributed by atoms with van der Waals surface area (Å²) in [6, 6.07) is 11.1. The first-order valence-electron chi connectivity index (χ1n) is 10.6. The number of rotatable bonds is 5. The SMILES string of the molecule is NC1NCC(c2ccccc2)NC1C(=O)Nc1cnccc1N1CCC(C(=O)O)CC1. The number of anilines is 2. The molecular formula is C22H28N6O3. The number of pyridine rings is 1. The van der Waals surface area contributed by atoms with E-state index in [0.717, 1.165) is 11.3 Å². The van der Waals surface area contributed by atoms with Crippen LogP contribution < -0.4 is 26.6 Å². The molecule has 0 saturated carbocycles. The molecule has 6 N–H and O–H groups in total. The lowest BCUT2D eigenvalue weighted by Gasteiger charge is -2.36. The maximum Gasteiger partial charge on any atom is 0.306 e. The number of nitrogens with zero attached hydrogens (tertiary/aromatic N) is 2. The van der Waals surface area contributed by atoms with E-state index in [0.29, 0.717) is 38.2 Å². The molecule has 1 aromatic heterocycles. The van der Waals surface area contributed by atoms with Crippen LogP contribution in [0.2, 0.25) is 0 Å². The number of piperazine rings is 1. The molecule has 2 aromatic rings. The maximum absolute atomic E-state index is 13.1. The third-order valence-corrected chi connectivity index (χ3v) is 6.02. The average molecular weight is 425 g/mol. The molecule has 4 rings (SSSR count). The smallest absolute Gasteiger partial charge is 0.306 e. The molecule has 3 unspecified atom stereocenters. The first kappa shape index (κ1) is 21.2. The summed E-state index contributed by atoms with van der Waals surface area (Å²) in [5.41, 5.74) is 8.70. The van der Waals surface area contributed by atoms with Gasteiger partial charge in [0.05, 0.1) is 29.7 Å². The highest BCUT2D eigenvalue weighted by Crippen LogP contribution is 2.29. The number of piperidine rings is 1. The summed E-state index contributed by atoms with van der Waals surface area (Å²) < 4.78 is 0. The average Bonchev–Trinajstić information content (AvgIpc) is 2.80. The molecule has 3 atom stereocenters. The van der Waals surface area contributed by atoms with Gasteiger partial charge in [-0.1, -0.05) is 30.3 Å². The van der Waals surface area contributed by atoms with E-state index in [9.17, 15) is 14.7 Å². The van der Waals surface area contributed by atoms with Crippen LogP contribution in [-0.4, -0.2) is 53.8 Å². The van der Waals surface area contributed by atoms with Gasteiger partial charge in [0, 0.05) is 31.9 Å². The van der Waals surface area contributed by atoms with Crippen molar-refractivity contribution in [2.24, 2.45) is 11.7 Å². The molecule has 9 nitrogen and oxygen atoms in total. The van der Waals surface area contributed by atoms with E-state index in [1.807, 2.05) is 36.4 Å². The molecule has 31 heavy (non-hydrogen) atoms. The van der Waals surface area contributed by atoms with E-state index in [4.69, 9.17) is 5.73 Å². The van der Waals surface area contributed by atoms with Crippen molar-refractivity contribution in [1.82, 2.24) is 15.6 Å². The van der Waals surface area contributed by atoms with Gasteiger partial charge in [-0.15, -0.1) is 0 Å². The standard InChI is InChI=1S/C22H28N6O3/c23-20-19(26-16(13-25-20)14-4-2-1-3-5-14)21(29)27-17-12-24-9-6-18(17)28-10-7-15(8-11-28)22(30)31/h1-6,9,12,15-16,19-20,25-26H,7-8,10-11,13,23H2,(H,27,29)(H,30,31). The number of hydrogen-bond donors (Lipinski definition) is 5. The van der Waals surface area contributed by atoms with Crippen LogP contribution in [0.25, 0.3) is 0 Å². The van der Waals surface area contributed by atoms with Crippen molar-refractivity contribution >= 4 is 23.3 Å². The Labute approximate surface area is 181 Å². The van der Waals surface area contributed by atoms with Crippen molar-refractivity contribution in [2.45, 2.75) is 31.1 Å². The molecule has 2 aliphatic heterocycles. The van der Waals surface area contributed by atoms with Gasteiger partial charge in [0.2, 0.25) is 5.91 Å². The Morgan fingerprint density at radius 3 is 2.61 bits per heavy atom. The number of hydrogen-bond acceptors (Lipinski definition) is 7. The number of carboxylic acids is 1. The van der Waals surface area contributed by atoms with Gasteiger partial charge >= 0.3 is 5.97 Å². The highest BCUT2D eigenvalue weighted by atomic mass is 16.4. The Bertz CT molecular complexity index is 916. The first-order valence-corrected chi connectivity index (χ1v) is 10.6. The normalized spacial score (nSPS) is 24.5. The van der Waals surface area contributed by atoms with E-state index in [1.165, 1.54) is 0 Å². The molecule has 3 heterocycles. The van der Waals surface area contributed by atoms with Crippen molar-refractivity contribution in [3.8, 4) is 0 Å². The summed E-state index contributed by atoms with van der Waals surface area (Å²) in [5.74, 6) is -1.31. The second-order valence-corrected chi connectivity index (χ2v) is 8.02. The van der Waals surface area contributed by atoms with Crippen LogP contribution in [-0.2, 0) is 9.59 Å². The van der Waals surface area contributed by atoms with Gasteiger partial charge in [0.25, 0.3) is 0 Å². The molecular weight excluding hydrogens is 396 g/mol. The second kappa shape index (κ2) is 9.42. The zero-order valence-corrected chi connectivity index (χ0v) is 17.2. The Hall–Kier alpha value is -3.01. The number of carboxylic acid groups (broad SMARTS) is 1. The van der Waals surface area contributed by atoms with Crippen LogP contribution >= 0.6 is 0 Å². The van der Waals surface area contributed by atoms with Crippen molar-refractivity contribution in [2.75, 3.05) is 29.9 Å². The van der Waals surface area contributed by atoms with E-state index in [-0.39, 0.29) is 17.9 Å². The van der Waals surface area contributed by atoms with Crippen LogP contribution in [0.3, 0.4) is 0 Å². The third-order valence-electron chi connectivity index (χ3n) is 6.02. The lowest BCUT2D eigenvalue weighted by molar-refractivity contribution is -0.142. The van der Waals surface area contributed by atoms with Crippen LogP contribution in [0.15, 0.2) is 48.8 Å². The van der Waals surface area contributed by atoms with Crippen molar-refractivity contribution < 1.29 is 14.7 Å². The molecule has 0 radical (unpaired) electrons. The Morgan fingerprint density at radius 2 is 1.90 bits per heavy atom. The van der Waals surface area contributed by atoms with Crippen molar-refractivity contribution in [1.29, 1.82) is 0 Å². The number of aliphatic carboxylic acids is 1. The first-order chi connectivity index (χ1) is 15.0. The van der Waals surface area contributed by atoms with E-state index in [2.05, 4.69) is 25.8 Å². The van der Waals surface area contributed by atoms with Crippen molar-refractivity contribution in [3.63, 3.8) is 0 Å². The highest BCUT2D eigenvalue weighted by Gasteiger charge is 2.34. The number of carbonyl (C=O) groups is 2. The van der Waals surface area contributed by atoms with Gasteiger partial charge in [-0.25, -0.2) is 0 Å². The minimum atomic E-state index is -0.749. The fourth-order valence-electron chi connectivity index (χ4n) is 4.23. The predicted molar refractivity (Wildman–Crippen MR) is 118 cm³/mol. The third kappa shape index (κ3) is 4.84. The fourth-order valence-corrected chi connectivity index (χ4v) is 4.23. The molecule has 9 heteroatoms. The van der Waals surface area contributed by atoms with Crippen LogP contribution in [0.4, 0.5) is 11.4 Å². The summed E-state index contributed by atoms with van der Waals surface area (Å²) in [4.78, 5) is 30.6. The molecule has 1 aromatic carbocycles. The second-order valence-electron chi connectivity index (χ2n) is 8.02. The summed E-state index contributed by atoms with van der Waals surface area (Å²) in [6.07, 6.45) is 3.91. The quantitative estimate of drug-likeness (QED) is 0.478. The number of nitrogens with two attached hydrogens (primary N) is 1. The molecule has 164 valence electrons. The fraction of sp³-hybridized carbons (Fsp3) is 0.409. The summed E-state index contributed by atoms with van der Waals surface area (Å²) >= 11 is 0. The number of carbonyl (C=O) groups excluding carboxylic acids is 1. The van der Waals surface area contributed by atoms with Gasteiger partial charge in [-0.3, -0.25) is 25.2 Å². The molecule has 0 spiro atoms. The zero-order chi connectivity index (χ0) is 21.8. The van der Waals surface area contributed by atoms with Crippen molar-refractivity contribution in [3.05, 3.63) is 54.4 Å². The maximum atomic E-state index is 13.1. The molecule has 2 aliphatic rings. The Morgan fingerprint density at radius 1 is 1.16 bits per heavy atom. The number of aromatic nitrogens is 1. The minimum absolute atomic E-state index is 0.0276. The summed E-state index contributed by atoms with van der Waals surface area (Å²) in [5, 5.41) is 18.8. The molecule has 0 bridgehead atoms. The van der Waals surface area contributed by atoms with Crippen LogP contribution in [0.5, 0.6) is 0 Å². The van der Waals surface area contributed by atoms with Gasteiger partial charge in [-0.05, 0) is 24.5 Å². The topological polar surface area (TPSA) is 133 Å². The van der Waals surface area contributed by atoms with Gasteiger partial charge in [0.15, 0.2) is 0 Å². The van der Waals surface area contributed by atoms with Gasteiger partial charge in [-0.2, -0.15) is 0 Å². The molecule has 2 saturated heterocycles. The number of amides is 1. The monoisotopic (exact) mass is 424 g/mol. The molecule has 1 amide bonds. The minimum Gasteiger partial charge on any atom is -0.481 e. The highest BCUT2D eigenvalue weighted by molar-refractivity contribution is 5.98. The predicted octanol–water partition coefficient (Wildman–Crippen LogP) is 0.909. The van der Waals surface area contributed by atoms with Gasteiger partial charge in [0.1, 0.15) is 6.04 Å². The van der Waals surface area contributed by atoms with E-state index >= 15 is 0 Å². The molecule has 2 fully saturated rings. The van der Waals surface area contributed by atoms with Crippen LogP contribution in [0.1, 0.15) is 24.4 Å². The molecule has 0 aliphatic carbocycles. The Kier molecular flexibility index (Phi) is 6.45. The lowest BCUT2D eigenvalue weighted by Crippen LogP contribution is -2.65. The Balaban J connectivity index is 1.45. The van der Waals surface area contributed by atoms with E-state index < -0.39 is 18.2 Å². The largest absolute Gasteiger partial charge is 0.481 e. The lowest BCUT2D eigenvalue weighted by atomic mass is 9.96. The summed E-state index contributed by atoms with van der Waals surface area (Å²) in [6.45, 7) is 1.86. The van der Waals surface area contributed by atoms with Crippen LogP contribution in [0, 0.1) is 5.92 Å². The summed E-state index contributed by atoms with van der Waals surface area (Å²) in [7, 11) is 0. The number of nitrogens with one attached hydrogen (secondary N) is 3. The van der Waals surface area contributed by atoms with Gasteiger partial charge < -0.3 is 21.1 Å². The number of benzene rings is 1.